The third-order valence-electron chi connectivity index (χ3n) is 5.26. The number of aliphatic carboxylic acids is 1. The standard InChI is InChI=1S/C20H20FN3O.C2HF3O2/c1-12-13(2)23-18-7-6-16(9-17(12)18)24-19(25)14-4-3-5-15(8-14)20(21)10-22-11-20;3-2(4,5)1(6)7/h3-9,22-23H,10-11H2,1-2H3,(H,24,25);(H,6,7). The van der Waals surface area contributed by atoms with Gasteiger partial charge in [-0.3, -0.25) is 4.79 Å². The van der Waals surface area contributed by atoms with Crippen molar-refractivity contribution in [2.45, 2.75) is 25.7 Å². The van der Waals surface area contributed by atoms with Crippen molar-refractivity contribution in [1.82, 2.24) is 10.3 Å². The van der Waals surface area contributed by atoms with Crippen LogP contribution in [0.1, 0.15) is 27.2 Å². The number of aromatic nitrogens is 1. The predicted octanol–water partition coefficient (Wildman–Crippen LogP) is 4.44. The lowest BCUT2D eigenvalue weighted by molar-refractivity contribution is -0.192. The van der Waals surface area contributed by atoms with E-state index in [1.165, 1.54) is 5.56 Å². The van der Waals surface area contributed by atoms with Gasteiger partial charge in [-0.05, 0) is 55.3 Å². The predicted molar refractivity (Wildman–Crippen MR) is 112 cm³/mol. The fourth-order valence-electron chi connectivity index (χ4n) is 3.23. The Bertz CT molecular complexity index is 1170. The SMILES string of the molecule is Cc1[nH]c2ccc(NC(=O)c3cccc(C4(F)CNC4)c3)cc2c1C.O=C(O)C(F)(F)F. The summed E-state index contributed by atoms with van der Waals surface area (Å²) in [5.41, 5.74) is 3.71. The maximum Gasteiger partial charge on any atom is 0.490 e. The van der Waals surface area contributed by atoms with Gasteiger partial charge in [0.25, 0.3) is 5.91 Å². The Hall–Kier alpha value is -3.40. The number of benzene rings is 2. The normalized spacial score (nSPS) is 14.8. The molecule has 6 nitrogen and oxygen atoms in total. The number of carboxylic acids is 1. The molecule has 170 valence electrons. The maximum absolute atomic E-state index is 14.5. The lowest BCUT2D eigenvalue weighted by Crippen LogP contribution is -2.53. The highest BCUT2D eigenvalue weighted by Gasteiger charge is 2.39. The maximum atomic E-state index is 14.5. The van der Waals surface area contributed by atoms with Crippen LogP contribution in [-0.4, -0.2) is 41.2 Å². The summed E-state index contributed by atoms with van der Waals surface area (Å²) < 4.78 is 46.3. The minimum atomic E-state index is -5.08. The number of nitrogens with one attached hydrogen (secondary N) is 3. The molecule has 4 rings (SSSR count). The lowest BCUT2D eigenvalue weighted by Gasteiger charge is -2.35. The summed E-state index contributed by atoms with van der Waals surface area (Å²) in [5.74, 6) is -2.99. The van der Waals surface area contributed by atoms with E-state index in [1.54, 1.807) is 24.3 Å². The number of aryl methyl sites for hydroxylation is 2. The second kappa shape index (κ2) is 8.62. The van der Waals surface area contributed by atoms with Crippen LogP contribution in [0, 0.1) is 13.8 Å². The number of carbonyl (C=O) groups excluding carboxylic acids is 1. The van der Waals surface area contributed by atoms with Crippen molar-refractivity contribution >= 4 is 28.5 Å². The van der Waals surface area contributed by atoms with Crippen LogP contribution in [0.4, 0.5) is 23.2 Å². The second-order valence-electron chi connectivity index (χ2n) is 7.54. The van der Waals surface area contributed by atoms with E-state index >= 15 is 0 Å². The molecule has 1 aromatic heterocycles. The highest BCUT2D eigenvalue weighted by atomic mass is 19.4. The van der Waals surface area contributed by atoms with Crippen molar-refractivity contribution in [2.75, 3.05) is 18.4 Å². The highest BCUT2D eigenvalue weighted by molar-refractivity contribution is 6.05. The molecule has 0 bridgehead atoms. The fourth-order valence-corrected chi connectivity index (χ4v) is 3.23. The van der Waals surface area contributed by atoms with E-state index in [4.69, 9.17) is 9.90 Å². The van der Waals surface area contributed by atoms with Crippen molar-refractivity contribution in [3.05, 3.63) is 64.8 Å². The van der Waals surface area contributed by atoms with Gasteiger partial charge in [0.05, 0.1) is 0 Å². The molecular weight excluding hydrogens is 430 g/mol. The number of rotatable bonds is 3. The quantitative estimate of drug-likeness (QED) is 0.443. The van der Waals surface area contributed by atoms with Crippen LogP contribution in [0.2, 0.25) is 0 Å². The Labute approximate surface area is 180 Å². The molecule has 1 fully saturated rings. The molecule has 0 unspecified atom stereocenters. The Morgan fingerprint density at radius 1 is 1.09 bits per heavy atom. The zero-order valence-corrected chi connectivity index (χ0v) is 17.2. The van der Waals surface area contributed by atoms with E-state index in [-0.39, 0.29) is 5.91 Å². The number of fused-ring (bicyclic) bond motifs is 1. The summed E-state index contributed by atoms with van der Waals surface area (Å²) in [7, 11) is 0. The molecule has 10 heteroatoms. The molecule has 2 heterocycles. The summed E-state index contributed by atoms with van der Waals surface area (Å²) in [6, 6.07) is 12.6. The van der Waals surface area contributed by atoms with Gasteiger partial charge in [0.2, 0.25) is 0 Å². The molecule has 0 spiro atoms. The van der Waals surface area contributed by atoms with Crippen molar-refractivity contribution in [1.29, 1.82) is 0 Å². The minimum Gasteiger partial charge on any atom is -0.475 e. The summed E-state index contributed by atoms with van der Waals surface area (Å²) >= 11 is 0. The molecule has 32 heavy (non-hydrogen) atoms. The number of amides is 1. The number of alkyl halides is 4. The largest absolute Gasteiger partial charge is 0.490 e. The van der Waals surface area contributed by atoms with Gasteiger partial charge < -0.3 is 20.7 Å². The molecular formula is C22H21F4N3O3. The van der Waals surface area contributed by atoms with Crippen molar-refractivity contribution in [2.24, 2.45) is 0 Å². The van der Waals surface area contributed by atoms with Crippen LogP contribution >= 0.6 is 0 Å². The Morgan fingerprint density at radius 2 is 1.75 bits per heavy atom. The van der Waals surface area contributed by atoms with Gasteiger partial charge in [-0.2, -0.15) is 13.2 Å². The van der Waals surface area contributed by atoms with Crippen LogP contribution in [0.25, 0.3) is 10.9 Å². The van der Waals surface area contributed by atoms with Gasteiger partial charge in [-0.25, -0.2) is 9.18 Å². The molecule has 0 atom stereocenters. The number of carboxylic acid groups (broad SMARTS) is 1. The van der Waals surface area contributed by atoms with Crippen LogP contribution in [0.3, 0.4) is 0 Å². The molecule has 1 aliphatic heterocycles. The van der Waals surface area contributed by atoms with Crippen LogP contribution < -0.4 is 10.6 Å². The first-order valence-corrected chi connectivity index (χ1v) is 9.61. The molecule has 0 aliphatic carbocycles. The van der Waals surface area contributed by atoms with Crippen molar-refractivity contribution in [3.63, 3.8) is 0 Å². The van der Waals surface area contributed by atoms with Crippen LogP contribution in [0.5, 0.6) is 0 Å². The van der Waals surface area contributed by atoms with Gasteiger partial charge in [0.1, 0.15) is 0 Å². The summed E-state index contributed by atoms with van der Waals surface area (Å²) in [6.07, 6.45) is -5.08. The number of hydrogen-bond acceptors (Lipinski definition) is 3. The fraction of sp³-hybridized carbons (Fsp3) is 0.273. The number of H-pyrrole nitrogens is 1. The summed E-state index contributed by atoms with van der Waals surface area (Å²) in [6.45, 7) is 4.67. The van der Waals surface area contributed by atoms with Gasteiger partial charge in [0.15, 0.2) is 5.67 Å². The average molecular weight is 451 g/mol. The molecule has 1 saturated heterocycles. The first-order chi connectivity index (χ1) is 14.9. The molecule has 1 aliphatic rings. The highest BCUT2D eigenvalue weighted by Crippen LogP contribution is 2.31. The smallest absolute Gasteiger partial charge is 0.475 e. The number of anilines is 1. The monoisotopic (exact) mass is 451 g/mol. The number of carbonyl (C=O) groups is 2. The van der Waals surface area contributed by atoms with Gasteiger partial charge in [0, 0.05) is 40.9 Å². The molecule has 4 N–H and O–H groups in total. The zero-order valence-electron chi connectivity index (χ0n) is 17.2. The Morgan fingerprint density at radius 3 is 2.31 bits per heavy atom. The molecule has 2 aromatic carbocycles. The third-order valence-corrected chi connectivity index (χ3v) is 5.26. The van der Waals surface area contributed by atoms with Gasteiger partial charge in [-0.15, -0.1) is 0 Å². The topological polar surface area (TPSA) is 94.2 Å². The minimum absolute atomic E-state index is 0.234. The Kier molecular flexibility index (Phi) is 6.27. The van der Waals surface area contributed by atoms with Gasteiger partial charge >= 0.3 is 12.1 Å². The molecule has 3 aromatic rings. The van der Waals surface area contributed by atoms with E-state index in [2.05, 4.69) is 22.5 Å². The number of aromatic amines is 1. The van der Waals surface area contributed by atoms with Crippen molar-refractivity contribution in [3.8, 4) is 0 Å². The lowest BCUT2D eigenvalue weighted by atomic mass is 9.89. The summed E-state index contributed by atoms with van der Waals surface area (Å²) in [4.78, 5) is 24.8. The third kappa shape index (κ3) is 4.91. The second-order valence-corrected chi connectivity index (χ2v) is 7.54. The van der Waals surface area contributed by atoms with Crippen LogP contribution in [-0.2, 0) is 10.5 Å². The van der Waals surface area contributed by atoms with Crippen LogP contribution in [0.15, 0.2) is 42.5 Å². The molecule has 1 amide bonds. The number of hydrogen-bond donors (Lipinski definition) is 4. The first kappa shape index (κ1) is 23.3. The van der Waals surface area contributed by atoms with E-state index in [0.717, 1.165) is 22.3 Å². The van der Waals surface area contributed by atoms with E-state index < -0.39 is 17.8 Å². The van der Waals surface area contributed by atoms with E-state index in [0.29, 0.717) is 24.2 Å². The Balaban J connectivity index is 0.000000360. The molecule has 0 saturated carbocycles. The van der Waals surface area contributed by atoms with E-state index in [1.807, 2.05) is 25.1 Å². The van der Waals surface area contributed by atoms with Crippen molar-refractivity contribution < 1.29 is 32.3 Å². The summed E-state index contributed by atoms with van der Waals surface area (Å²) in [5, 5.41) is 14.1. The van der Waals surface area contributed by atoms with E-state index in [9.17, 15) is 22.4 Å². The zero-order chi connectivity index (χ0) is 23.7. The molecule has 0 radical (unpaired) electrons. The first-order valence-electron chi connectivity index (χ1n) is 9.61. The number of halogens is 4. The average Bonchev–Trinajstić information content (AvgIpc) is 2.99. The van der Waals surface area contributed by atoms with Gasteiger partial charge in [-0.1, -0.05) is 12.1 Å².